The van der Waals surface area contributed by atoms with Crippen LogP contribution in [0.4, 0.5) is 0 Å². The SMILES string of the molecule is COc1ccc(CC2OC(=O)CC2C)c(CCCOc2ccccc2)c1. The Balaban J connectivity index is 1.61. The fraction of sp³-hybridized carbons (Fsp3) is 0.409. The van der Waals surface area contributed by atoms with Gasteiger partial charge in [-0.3, -0.25) is 4.79 Å². The van der Waals surface area contributed by atoms with Gasteiger partial charge in [-0.05, 0) is 48.2 Å². The van der Waals surface area contributed by atoms with Gasteiger partial charge in [0.25, 0.3) is 0 Å². The molecule has 1 aliphatic heterocycles. The molecular formula is C22H26O4. The Morgan fingerprint density at radius 1 is 1.08 bits per heavy atom. The van der Waals surface area contributed by atoms with E-state index in [1.807, 2.05) is 36.4 Å². The molecule has 0 aliphatic carbocycles. The molecule has 0 amide bonds. The summed E-state index contributed by atoms with van der Waals surface area (Å²) in [5.41, 5.74) is 2.45. The van der Waals surface area contributed by atoms with Crippen LogP contribution >= 0.6 is 0 Å². The van der Waals surface area contributed by atoms with Crippen LogP contribution in [0, 0.1) is 5.92 Å². The van der Waals surface area contributed by atoms with E-state index in [9.17, 15) is 4.79 Å². The van der Waals surface area contributed by atoms with Gasteiger partial charge >= 0.3 is 5.97 Å². The maximum atomic E-state index is 11.5. The minimum Gasteiger partial charge on any atom is -0.497 e. The molecule has 138 valence electrons. The molecule has 0 spiro atoms. The number of rotatable bonds is 8. The Bertz CT molecular complexity index is 726. The van der Waals surface area contributed by atoms with Gasteiger partial charge in [0.15, 0.2) is 0 Å². The van der Waals surface area contributed by atoms with Crippen molar-refractivity contribution in [2.75, 3.05) is 13.7 Å². The first-order valence-electron chi connectivity index (χ1n) is 9.19. The summed E-state index contributed by atoms with van der Waals surface area (Å²) in [5, 5.41) is 0. The van der Waals surface area contributed by atoms with Gasteiger partial charge in [0.05, 0.1) is 20.1 Å². The van der Waals surface area contributed by atoms with Gasteiger partial charge in [0, 0.05) is 12.3 Å². The lowest BCUT2D eigenvalue weighted by molar-refractivity contribution is -0.141. The highest BCUT2D eigenvalue weighted by Gasteiger charge is 2.31. The second kappa shape index (κ2) is 8.75. The summed E-state index contributed by atoms with van der Waals surface area (Å²) >= 11 is 0. The maximum absolute atomic E-state index is 11.5. The van der Waals surface area contributed by atoms with E-state index in [0.717, 1.165) is 30.8 Å². The van der Waals surface area contributed by atoms with Crippen molar-refractivity contribution in [2.45, 2.75) is 38.7 Å². The van der Waals surface area contributed by atoms with Crippen LogP contribution in [-0.4, -0.2) is 25.8 Å². The van der Waals surface area contributed by atoms with Crippen LogP contribution in [0.15, 0.2) is 48.5 Å². The summed E-state index contributed by atoms with van der Waals surface area (Å²) < 4.78 is 16.6. The number of carbonyl (C=O) groups excluding carboxylic acids is 1. The summed E-state index contributed by atoms with van der Waals surface area (Å²) in [6.07, 6.45) is 3.05. The molecule has 0 bridgehead atoms. The zero-order chi connectivity index (χ0) is 18.4. The van der Waals surface area contributed by atoms with Gasteiger partial charge in [-0.1, -0.05) is 31.2 Å². The van der Waals surface area contributed by atoms with Gasteiger partial charge in [-0.25, -0.2) is 0 Å². The van der Waals surface area contributed by atoms with Crippen molar-refractivity contribution in [1.82, 2.24) is 0 Å². The third-order valence-electron chi connectivity index (χ3n) is 4.84. The third-order valence-corrected chi connectivity index (χ3v) is 4.84. The molecular weight excluding hydrogens is 328 g/mol. The standard InChI is InChI=1S/C22H26O4/c1-16-13-22(23)26-21(16)15-18-10-11-20(24-2)14-17(18)7-6-12-25-19-8-4-3-5-9-19/h3-5,8-11,14,16,21H,6-7,12-13,15H2,1-2H3. The van der Waals surface area contributed by atoms with E-state index in [4.69, 9.17) is 14.2 Å². The van der Waals surface area contributed by atoms with Crippen LogP contribution in [0.3, 0.4) is 0 Å². The van der Waals surface area contributed by atoms with Crippen LogP contribution in [0.25, 0.3) is 0 Å². The van der Waals surface area contributed by atoms with E-state index in [-0.39, 0.29) is 18.0 Å². The van der Waals surface area contributed by atoms with Crippen molar-refractivity contribution < 1.29 is 19.0 Å². The van der Waals surface area contributed by atoms with Crippen molar-refractivity contribution in [3.8, 4) is 11.5 Å². The van der Waals surface area contributed by atoms with Crippen LogP contribution in [0.1, 0.15) is 30.9 Å². The summed E-state index contributed by atoms with van der Waals surface area (Å²) in [5.74, 6) is 1.92. The second-order valence-corrected chi connectivity index (χ2v) is 6.81. The molecule has 26 heavy (non-hydrogen) atoms. The zero-order valence-corrected chi connectivity index (χ0v) is 15.4. The second-order valence-electron chi connectivity index (χ2n) is 6.81. The molecule has 4 nitrogen and oxygen atoms in total. The van der Waals surface area contributed by atoms with Crippen LogP contribution in [0.2, 0.25) is 0 Å². The number of hydrogen-bond acceptors (Lipinski definition) is 4. The molecule has 3 rings (SSSR count). The monoisotopic (exact) mass is 354 g/mol. The number of para-hydroxylation sites is 1. The van der Waals surface area contributed by atoms with Gasteiger partial charge in [-0.15, -0.1) is 0 Å². The Morgan fingerprint density at radius 3 is 2.58 bits per heavy atom. The van der Waals surface area contributed by atoms with E-state index < -0.39 is 0 Å². The number of benzene rings is 2. The van der Waals surface area contributed by atoms with Crippen molar-refractivity contribution in [3.05, 3.63) is 59.7 Å². The normalized spacial score (nSPS) is 19.2. The smallest absolute Gasteiger partial charge is 0.306 e. The van der Waals surface area contributed by atoms with Crippen molar-refractivity contribution in [2.24, 2.45) is 5.92 Å². The summed E-state index contributed by atoms with van der Waals surface area (Å²) in [7, 11) is 1.68. The predicted molar refractivity (Wildman–Crippen MR) is 101 cm³/mol. The van der Waals surface area contributed by atoms with Crippen molar-refractivity contribution in [3.63, 3.8) is 0 Å². The Hall–Kier alpha value is -2.49. The molecule has 1 heterocycles. The number of aryl methyl sites for hydroxylation is 1. The molecule has 1 fully saturated rings. The lowest BCUT2D eigenvalue weighted by Gasteiger charge is -2.17. The van der Waals surface area contributed by atoms with Crippen LogP contribution in [0.5, 0.6) is 11.5 Å². The molecule has 2 unspecified atom stereocenters. The summed E-state index contributed by atoms with van der Waals surface area (Å²) in [6, 6.07) is 16.0. The quantitative estimate of drug-likeness (QED) is 0.526. The molecule has 2 aromatic rings. The van der Waals surface area contributed by atoms with Gasteiger partial charge in [-0.2, -0.15) is 0 Å². The highest BCUT2D eigenvalue weighted by atomic mass is 16.5. The van der Waals surface area contributed by atoms with Crippen LogP contribution in [-0.2, 0) is 22.4 Å². The molecule has 2 aromatic carbocycles. The molecule has 0 aromatic heterocycles. The molecule has 1 saturated heterocycles. The average Bonchev–Trinajstić information content (AvgIpc) is 2.97. The summed E-state index contributed by atoms with van der Waals surface area (Å²) in [4.78, 5) is 11.5. The Morgan fingerprint density at radius 2 is 1.88 bits per heavy atom. The lowest BCUT2D eigenvalue weighted by atomic mass is 9.93. The number of hydrogen-bond donors (Lipinski definition) is 0. The number of cyclic esters (lactones) is 1. The predicted octanol–water partition coefficient (Wildman–Crippen LogP) is 4.20. The van der Waals surface area contributed by atoms with E-state index in [1.54, 1.807) is 7.11 Å². The minimum absolute atomic E-state index is 0.0322. The number of methoxy groups -OCH3 is 1. The number of ether oxygens (including phenoxy) is 3. The van der Waals surface area contributed by atoms with E-state index in [0.29, 0.717) is 13.0 Å². The molecule has 0 N–H and O–H groups in total. The maximum Gasteiger partial charge on any atom is 0.306 e. The molecule has 2 atom stereocenters. The topological polar surface area (TPSA) is 44.8 Å². The highest BCUT2D eigenvalue weighted by Crippen LogP contribution is 2.28. The van der Waals surface area contributed by atoms with Crippen molar-refractivity contribution in [1.29, 1.82) is 0 Å². The number of carbonyl (C=O) groups is 1. The molecule has 0 radical (unpaired) electrons. The fourth-order valence-electron chi connectivity index (χ4n) is 3.32. The first kappa shape index (κ1) is 18.3. The molecule has 4 heteroatoms. The fourth-order valence-corrected chi connectivity index (χ4v) is 3.32. The Labute approximate surface area is 155 Å². The third kappa shape index (κ3) is 4.78. The van der Waals surface area contributed by atoms with Gasteiger partial charge in [0.1, 0.15) is 17.6 Å². The van der Waals surface area contributed by atoms with Crippen LogP contribution < -0.4 is 9.47 Å². The largest absolute Gasteiger partial charge is 0.497 e. The Kier molecular flexibility index (Phi) is 6.16. The van der Waals surface area contributed by atoms with Gasteiger partial charge < -0.3 is 14.2 Å². The van der Waals surface area contributed by atoms with E-state index in [1.165, 1.54) is 11.1 Å². The first-order valence-corrected chi connectivity index (χ1v) is 9.19. The first-order chi connectivity index (χ1) is 12.7. The highest BCUT2D eigenvalue weighted by molar-refractivity contribution is 5.72. The average molecular weight is 354 g/mol. The van der Waals surface area contributed by atoms with Crippen molar-refractivity contribution >= 4 is 5.97 Å². The van der Waals surface area contributed by atoms with E-state index >= 15 is 0 Å². The number of esters is 1. The molecule has 1 aliphatic rings. The van der Waals surface area contributed by atoms with E-state index in [2.05, 4.69) is 19.1 Å². The molecule has 0 saturated carbocycles. The summed E-state index contributed by atoms with van der Waals surface area (Å²) in [6.45, 7) is 2.74. The lowest BCUT2D eigenvalue weighted by Crippen LogP contribution is -2.18. The van der Waals surface area contributed by atoms with Gasteiger partial charge in [0.2, 0.25) is 0 Å². The minimum atomic E-state index is -0.0891. The zero-order valence-electron chi connectivity index (χ0n) is 15.4.